The number of nitrogens with zero attached hydrogens (tertiary/aromatic N) is 1. The minimum Gasteiger partial charge on any atom is -0.465 e. The highest BCUT2D eigenvalue weighted by Crippen LogP contribution is 2.39. The van der Waals surface area contributed by atoms with Crippen LogP contribution in [-0.2, 0) is 17.6 Å². The van der Waals surface area contributed by atoms with E-state index < -0.39 is 5.97 Å². The molecule has 0 saturated heterocycles. The van der Waals surface area contributed by atoms with E-state index in [4.69, 9.17) is 9.72 Å². The van der Waals surface area contributed by atoms with E-state index in [1.54, 1.807) is 11.3 Å². The van der Waals surface area contributed by atoms with Crippen LogP contribution in [0.3, 0.4) is 0 Å². The first-order valence-corrected chi connectivity index (χ1v) is 12.4. The average molecular weight is 478 g/mol. The number of aromatic nitrogens is 1. The Kier molecular flexibility index (Phi) is 5.86. The summed E-state index contributed by atoms with van der Waals surface area (Å²) in [6, 6.07) is 13.6. The van der Waals surface area contributed by atoms with Crippen molar-refractivity contribution in [3.8, 4) is 10.6 Å². The molecule has 2 heterocycles. The van der Waals surface area contributed by atoms with Gasteiger partial charge >= 0.3 is 12.0 Å². The van der Waals surface area contributed by atoms with Crippen LogP contribution < -0.4 is 10.6 Å². The number of para-hydroxylation sites is 1. The second kappa shape index (κ2) is 8.96. The number of thiazole rings is 1. The smallest absolute Gasteiger partial charge is 0.341 e. The van der Waals surface area contributed by atoms with Gasteiger partial charge in [0.25, 0.3) is 0 Å². The van der Waals surface area contributed by atoms with Gasteiger partial charge in [-0.2, -0.15) is 0 Å². The average Bonchev–Trinajstić information content (AvgIpc) is 3.41. The van der Waals surface area contributed by atoms with Gasteiger partial charge in [-0.1, -0.05) is 12.1 Å². The number of hydrogen-bond donors (Lipinski definition) is 2. The fourth-order valence-electron chi connectivity index (χ4n) is 4.16. The molecular formula is C25H23N3O3S2. The van der Waals surface area contributed by atoms with E-state index in [0.29, 0.717) is 16.3 Å². The standard InChI is InChI=1S/C25H23N3O3S2/c1-14-13-15(22-26-18-8-4-6-10-20(18)33-22)11-12-17(14)27-25(30)28-23-21(24(29)31-2)16-7-3-5-9-19(16)32-23/h4,6,8,10-13H,3,5,7,9H2,1-2H3,(H2,27,28,30). The number of methoxy groups -OCH3 is 1. The molecule has 0 radical (unpaired) electrons. The van der Waals surface area contributed by atoms with Gasteiger partial charge in [0.05, 0.1) is 22.9 Å². The minimum absolute atomic E-state index is 0.380. The third-order valence-electron chi connectivity index (χ3n) is 5.80. The normalized spacial score (nSPS) is 12.9. The number of ether oxygens (including phenoxy) is 1. The summed E-state index contributed by atoms with van der Waals surface area (Å²) in [6.45, 7) is 1.95. The number of benzene rings is 2. The summed E-state index contributed by atoms with van der Waals surface area (Å²) in [5.41, 5.74) is 5.15. The SMILES string of the molecule is COC(=O)c1c(NC(=O)Nc2ccc(-c3nc4ccccc4s3)cc2C)sc2c1CCCC2. The number of hydrogen-bond acceptors (Lipinski definition) is 6. The number of aryl methyl sites for hydroxylation is 2. The molecule has 0 spiro atoms. The second-order valence-corrected chi connectivity index (χ2v) is 10.1. The molecule has 0 aliphatic heterocycles. The molecule has 5 rings (SSSR count). The first-order chi connectivity index (χ1) is 16.0. The largest absolute Gasteiger partial charge is 0.465 e. The highest BCUT2D eigenvalue weighted by Gasteiger charge is 2.27. The summed E-state index contributed by atoms with van der Waals surface area (Å²) in [5, 5.41) is 7.29. The van der Waals surface area contributed by atoms with Crippen molar-refractivity contribution < 1.29 is 14.3 Å². The van der Waals surface area contributed by atoms with Crippen LogP contribution in [0.1, 0.15) is 39.2 Å². The Labute approximate surface area is 199 Å². The third kappa shape index (κ3) is 4.24. The molecule has 168 valence electrons. The van der Waals surface area contributed by atoms with Gasteiger partial charge in [-0.25, -0.2) is 14.6 Å². The van der Waals surface area contributed by atoms with Gasteiger partial charge in [0.1, 0.15) is 10.0 Å². The first-order valence-electron chi connectivity index (χ1n) is 10.8. The van der Waals surface area contributed by atoms with Gasteiger partial charge in [0, 0.05) is 16.1 Å². The van der Waals surface area contributed by atoms with Gasteiger partial charge in [-0.15, -0.1) is 22.7 Å². The maximum atomic E-state index is 12.8. The van der Waals surface area contributed by atoms with Crippen molar-refractivity contribution in [1.29, 1.82) is 0 Å². The molecule has 2 aromatic heterocycles. The fourth-order valence-corrected chi connectivity index (χ4v) is 6.40. The number of carbonyl (C=O) groups excluding carboxylic acids is 2. The van der Waals surface area contributed by atoms with Crippen LogP contribution in [0.25, 0.3) is 20.8 Å². The molecule has 2 N–H and O–H groups in total. The molecule has 8 heteroatoms. The van der Waals surface area contributed by atoms with Crippen LogP contribution in [0.15, 0.2) is 42.5 Å². The molecule has 6 nitrogen and oxygen atoms in total. The molecule has 0 unspecified atom stereocenters. The van der Waals surface area contributed by atoms with Crippen molar-refractivity contribution in [2.45, 2.75) is 32.6 Å². The maximum Gasteiger partial charge on any atom is 0.341 e. The Morgan fingerprint density at radius 1 is 1.03 bits per heavy atom. The van der Waals surface area contributed by atoms with Crippen LogP contribution in [0.4, 0.5) is 15.5 Å². The van der Waals surface area contributed by atoms with Crippen molar-refractivity contribution in [3.63, 3.8) is 0 Å². The van der Waals surface area contributed by atoms with Gasteiger partial charge in [-0.05, 0) is 74.1 Å². The zero-order chi connectivity index (χ0) is 22.9. The summed E-state index contributed by atoms with van der Waals surface area (Å²) in [4.78, 5) is 31.1. The number of anilines is 2. The third-order valence-corrected chi connectivity index (χ3v) is 8.10. The predicted molar refractivity (Wildman–Crippen MR) is 135 cm³/mol. The van der Waals surface area contributed by atoms with Gasteiger partial charge in [0.2, 0.25) is 0 Å². The van der Waals surface area contributed by atoms with E-state index >= 15 is 0 Å². The van der Waals surface area contributed by atoms with Crippen LogP contribution >= 0.6 is 22.7 Å². The summed E-state index contributed by atoms with van der Waals surface area (Å²) in [5.74, 6) is -0.402. The van der Waals surface area contributed by atoms with Crippen molar-refractivity contribution in [2.24, 2.45) is 0 Å². The lowest BCUT2D eigenvalue weighted by Gasteiger charge is -2.12. The summed E-state index contributed by atoms with van der Waals surface area (Å²) < 4.78 is 6.13. The number of carbonyl (C=O) groups is 2. The number of fused-ring (bicyclic) bond motifs is 2. The van der Waals surface area contributed by atoms with E-state index in [2.05, 4.69) is 16.7 Å². The molecule has 2 amide bonds. The predicted octanol–water partition coefficient (Wildman–Crippen LogP) is 6.64. The van der Waals surface area contributed by atoms with Crippen molar-refractivity contribution in [3.05, 3.63) is 64.0 Å². The van der Waals surface area contributed by atoms with Gasteiger partial charge in [-0.3, -0.25) is 5.32 Å². The first kappa shape index (κ1) is 21.6. The summed E-state index contributed by atoms with van der Waals surface area (Å²) in [6.07, 6.45) is 3.91. The monoisotopic (exact) mass is 477 g/mol. The molecule has 2 aromatic carbocycles. The molecule has 4 aromatic rings. The number of esters is 1. The van der Waals surface area contributed by atoms with E-state index in [1.165, 1.54) is 18.4 Å². The van der Waals surface area contributed by atoms with Crippen molar-refractivity contribution in [2.75, 3.05) is 17.7 Å². The van der Waals surface area contributed by atoms with E-state index in [-0.39, 0.29) is 6.03 Å². The van der Waals surface area contributed by atoms with E-state index in [0.717, 1.165) is 62.5 Å². The topological polar surface area (TPSA) is 80.3 Å². The number of thiophene rings is 1. The Morgan fingerprint density at radius 3 is 2.64 bits per heavy atom. The number of nitrogens with one attached hydrogen (secondary N) is 2. The highest BCUT2D eigenvalue weighted by atomic mass is 32.1. The molecular weight excluding hydrogens is 454 g/mol. The summed E-state index contributed by atoms with van der Waals surface area (Å²) in [7, 11) is 1.37. The fraction of sp³-hybridized carbons (Fsp3) is 0.240. The maximum absolute atomic E-state index is 12.8. The van der Waals surface area contributed by atoms with Crippen LogP contribution in [0.2, 0.25) is 0 Å². The molecule has 0 fully saturated rings. The van der Waals surface area contributed by atoms with Crippen molar-refractivity contribution in [1.82, 2.24) is 4.98 Å². The van der Waals surface area contributed by atoms with Crippen molar-refractivity contribution >= 4 is 55.6 Å². The molecule has 0 saturated carbocycles. The lowest BCUT2D eigenvalue weighted by atomic mass is 9.95. The van der Waals surface area contributed by atoms with Crippen LogP contribution in [-0.4, -0.2) is 24.1 Å². The molecule has 33 heavy (non-hydrogen) atoms. The molecule has 0 bridgehead atoms. The zero-order valence-electron chi connectivity index (χ0n) is 18.4. The number of urea groups is 1. The Morgan fingerprint density at radius 2 is 1.85 bits per heavy atom. The van der Waals surface area contributed by atoms with Gasteiger partial charge in [0.15, 0.2) is 0 Å². The Balaban J connectivity index is 1.35. The minimum atomic E-state index is -0.402. The van der Waals surface area contributed by atoms with Crippen LogP contribution in [0, 0.1) is 6.92 Å². The molecule has 0 atom stereocenters. The highest BCUT2D eigenvalue weighted by molar-refractivity contribution is 7.21. The molecule has 1 aliphatic carbocycles. The zero-order valence-corrected chi connectivity index (χ0v) is 20.0. The number of amides is 2. The second-order valence-electron chi connectivity index (χ2n) is 8.00. The lowest BCUT2D eigenvalue weighted by Crippen LogP contribution is -2.21. The van der Waals surface area contributed by atoms with Gasteiger partial charge < -0.3 is 10.1 Å². The molecule has 1 aliphatic rings. The Hall–Kier alpha value is -3.23. The Bertz CT molecular complexity index is 1340. The van der Waals surface area contributed by atoms with E-state index in [9.17, 15) is 9.59 Å². The lowest BCUT2D eigenvalue weighted by molar-refractivity contribution is 0.0601. The van der Waals surface area contributed by atoms with E-state index in [1.807, 2.05) is 43.3 Å². The quantitative estimate of drug-likeness (QED) is 0.323. The van der Waals surface area contributed by atoms with Crippen LogP contribution in [0.5, 0.6) is 0 Å². The number of rotatable bonds is 4. The summed E-state index contributed by atoms with van der Waals surface area (Å²) >= 11 is 3.12.